The van der Waals surface area contributed by atoms with Crippen LogP contribution in [0.2, 0.25) is 0 Å². The molecule has 6 aromatic rings. The summed E-state index contributed by atoms with van der Waals surface area (Å²) < 4.78 is 0. The highest BCUT2D eigenvalue weighted by Crippen LogP contribution is 2.35. The number of amides is 1. The van der Waals surface area contributed by atoms with Gasteiger partial charge in [-0.2, -0.15) is 5.10 Å². The van der Waals surface area contributed by atoms with Gasteiger partial charge in [0.05, 0.1) is 29.0 Å². The molecule has 188 valence electrons. The Morgan fingerprint density at radius 3 is 2.71 bits per heavy atom. The fourth-order valence-electron chi connectivity index (χ4n) is 5.15. The first-order valence-electron chi connectivity index (χ1n) is 12.6. The number of rotatable bonds is 5. The highest BCUT2D eigenvalue weighted by Gasteiger charge is 2.23. The number of hydrogen-bond donors (Lipinski definition) is 3. The predicted octanol–water partition coefficient (Wildman–Crippen LogP) is 6.12. The molecule has 1 amide bonds. The Balaban J connectivity index is 1.24. The van der Waals surface area contributed by atoms with Crippen molar-refractivity contribution in [2.45, 2.75) is 32.6 Å². The third kappa shape index (κ3) is 4.03. The number of anilines is 1. The maximum absolute atomic E-state index is 12.6. The van der Waals surface area contributed by atoms with E-state index in [9.17, 15) is 4.79 Å². The van der Waals surface area contributed by atoms with Crippen LogP contribution in [0.1, 0.15) is 30.6 Å². The van der Waals surface area contributed by atoms with E-state index in [1.165, 1.54) is 4.88 Å². The van der Waals surface area contributed by atoms with Crippen molar-refractivity contribution >= 4 is 45.0 Å². The number of carbonyl (C=O) groups is 1. The van der Waals surface area contributed by atoms with E-state index in [2.05, 4.69) is 54.5 Å². The minimum Gasteiger partial charge on any atom is -0.335 e. The van der Waals surface area contributed by atoms with Crippen LogP contribution in [-0.4, -0.2) is 41.0 Å². The van der Waals surface area contributed by atoms with Crippen molar-refractivity contribution in [3.63, 3.8) is 0 Å². The molecule has 1 aliphatic rings. The van der Waals surface area contributed by atoms with Crippen LogP contribution in [0.3, 0.4) is 0 Å². The number of aryl methyl sites for hydroxylation is 1. The normalized spacial score (nSPS) is 14.0. The summed E-state index contributed by atoms with van der Waals surface area (Å²) in [5.41, 5.74) is 6.47. The second-order valence-corrected chi connectivity index (χ2v) is 11.0. The molecule has 6 heterocycles. The van der Waals surface area contributed by atoms with Gasteiger partial charge >= 0.3 is 0 Å². The van der Waals surface area contributed by atoms with Gasteiger partial charge in [0.2, 0.25) is 5.91 Å². The zero-order chi connectivity index (χ0) is 25.6. The van der Waals surface area contributed by atoms with Gasteiger partial charge < -0.3 is 10.3 Å². The molecule has 38 heavy (non-hydrogen) atoms. The van der Waals surface area contributed by atoms with E-state index in [1.54, 1.807) is 36.1 Å². The van der Waals surface area contributed by atoms with Crippen LogP contribution in [0.25, 0.3) is 55.2 Å². The third-order valence-corrected chi connectivity index (χ3v) is 8.15. The van der Waals surface area contributed by atoms with Crippen molar-refractivity contribution in [1.82, 2.24) is 35.1 Å². The van der Waals surface area contributed by atoms with E-state index in [0.717, 1.165) is 69.4 Å². The van der Waals surface area contributed by atoms with E-state index in [-0.39, 0.29) is 11.8 Å². The summed E-state index contributed by atoms with van der Waals surface area (Å²) in [6.45, 7) is 2.09. The second kappa shape index (κ2) is 9.14. The van der Waals surface area contributed by atoms with Crippen molar-refractivity contribution in [3.05, 3.63) is 60.1 Å². The molecule has 0 aliphatic heterocycles. The number of aromatic nitrogens is 7. The number of pyridine rings is 3. The highest BCUT2D eigenvalue weighted by molar-refractivity contribution is 7.15. The molecule has 0 spiro atoms. The molecule has 3 N–H and O–H groups in total. The molecule has 1 saturated carbocycles. The van der Waals surface area contributed by atoms with Crippen molar-refractivity contribution in [2.24, 2.45) is 5.92 Å². The number of nitrogens with one attached hydrogen (secondary N) is 3. The topological polar surface area (TPSA) is 125 Å². The van der Waals surface area contributed by atoms with Crippen LogP contribution in [0.4, 0.5) is 5.69 Å². The van der Waals surface area contributed by atoms with Gasteiger partial charge in [0.1, 0.15) is 11.2 Å². The Bertz CT molecular complexity index is 1810. The maximum Gasteiger partial charge on any atom is 0.227 e. The lowest BCUT2D eigenvalue weighted by atomic mass is 10.1. The average molecular weight is 521 g/mol. The molecule has 10 heteroatoms. The molecule has 9 nitrogen and oxygen atoms in total. The fourth-order valence-corrected chi connectivity index (χ4v) is 6.03. The van der Waals surface area contributed by atoms with Crippen LogP contribution in [0, 0.1) is 12.8 Å². The van der Waals surface area contributed by atoms with E-state index >= 15 is 0 Å². The first-order valence-corrected chi connectivity index (χ1v) is 13.5. The summed E-state index contributed by atoms with van der Waals surface area (Å²) in [5, 5.41) is 11.4. The molecule has 0 saturated heterocycles. The number of aromatic amines is 2. The van der Waals surface area contributed by atoms with Crippen LogP contribution >= 0.6 is 11.3 Å². The van der Waals surface area contributed by atoms with E-state index in [4.69, 9.17) is 4.98 Å². The minimum atomic E-state index is 0.0728. The van der Waals surface area contributed by atoms with Crippen LogP contribution in [-0.2, 0) is 4.79 Å². The fraction of sp³-hybridized carbons (Fsp3) is 0.214. The molecular weight excluding hydrogens is 496 g/mol. The van der Waals surface area contributed by atoms with E-state index < -0.39 is 0 Å². The molecule has 0 unspecified atom stereocenters. The van der Waals surface area contributed by atoms with Crippen molar-refractivity contribution in [1.29, 1.82) is 0 Å². The van der Waals surface area contributed by atoms with Crippen molar-refractivity contribution < 1.29 is 4.79 Å². The molecule has 0 atom stereocenters. The smallest absolute Gasteiger partial charge is 0.227 e. The molecule has 6 aromatic heterocycles. The Hall–Kier alpha value is -4.44. The molecule has 0 aromatic carbocycles. The Kier molecular flexibility index (Phi) is 5.47. The minimum absolute atomic E-state index is 0.0728. The summed E-state index contributed by atoms with van der Waals surface area (Å²) in [7, 11) is 0. The Morgan fingerprint density at radius 2 is 1.87 bits per heavy atom. The van der Waals surface area contributed by atoms with Gasteiger partial charge in [0, 0.05) is 51.0 Å². The predicted molar refractivity (Wildman–Crippen MR) is 149 cm³/mol. The molecule has 7 rings (SSSR count). The number of fused-ring (bicyclic) bond motifs is 2. The summed E-state index contributed by atoms with van der Waals surface area (Å²) in [4.78, 5) is 36.7. The van der Waals surface area contributed by atoms with Crippen LogP contribution < -0.4 is 5.32 Å². The monoisotopic (exact) mass is 520 g/mol. The summed E-state index contributed by atoms with van der Waals surface area (Å²) in [6, 6.07) is 8.16. The zero-order valence-corrected chi connectivity index (χ0v) is 21.5. The van der Waals surface area contributed by atoms with Gasteiger partial charge in [-0.05, 0) is 44.0 Å². The quantitative estimate of drug-likeness (QED) is 0.251. The second-order valence-electron chi connectivity index (χ2n) is 9.71. The van der Waals surface area contributed by atoms with E-state index in [1.807, 2.05) is 18.3 Å². The molecule has 1 aliphatic carbocycles. The largest absolute Gasteiger partial charge is 0.335 e. The Labute approximate surface area is 221 Å². The average Bonchev–Trinajstić information content (AvgIpc) is 3.74. The summed E-state index contributed by atoms with van der Waals surface area (Å²) >= 11 is 1.72. The number of imidazole rings is 1. The summed E-state index contributed by atoms with van der Waals surface area (Å²) in [6.07, 6.45) is 13.0. The highest BCUT2D eigenvalue weighted by atomic mass is 32.1. The van der Waals surface area contributed by atoms with Crippen molar-refractivity contribution in [3.8, 4) is 33.1 Å². The first kappa shape index (κ1) is 22.7. The number of thiophene rings is 1. The molecule has 0 bridgehead atoms. The standard InChI is InChI=1S/C28H24N8OS/c1-15-6-7-23(38-15)21-13-30-14-22-24(21)34-27(33-22)25-20-9-18(11-31-26(20)36-35-25)17-8-19(12-29-10-17)32-28(37)16-4-2-3-5-16/h6-14,16H,2-5H2,1H3,(H,32,37)(H,33,34)(H,31,35,36). The lowest BCUT2D eigenvalue weighted by Crippen LogP contribution is -2.20. The molecular formula is C28H24N8OS. The molecule has 0 radical (unpaired) electrons. The van der Waals surface area contributed by atoms with Crippen LogP contribution in [0.5, 0.6) is 0 Å². The number of nitrogens with zero attached hydrogens (tertiary/aromatic N) is 5. The third-order valence-electron chi connectivity index (χ3n) is 7.11. The van der Waals surface area contributed by atoms with Gasteiger partial charge in [0.15, 0.2) is 11.5 Å². The lowest BCUT2D eigenvalue weighted by molar-refractivity contribution is -0.119. The number of carbonyl (C=O) groups excluding carboxylic acids is 1. The lowest BCUT2D eigenvalue weighted by Gasteiger charge is -2.11. The van der Waals surface area contributed by atoms with Crippen LogP contribution in [0.15, 0.2) is 55.2 Å². The van der Waals surface area contributed by atoms with Gasteiger partial charge in [-0.15, -0.1) is 11.3 Å². The Morgan fingerprint density at radius 1 is 1.03 bits per heavy atom. The zero-order valence-electron chi connectivity index (χ0n) is 20.7. The van der Waals surface area contributed by atoms with Gasteiger partial charge in [0.25, 0.3) is 0 Å². The van der Waals surface area contributed by atoms with Crippen molar-refractivity contribution in [2.75, 3.05) is 5.32 Å². The van der Waals surface area contributed by atoms with Gasteiger partial charge in [-0.25, -0.2) is 9.97 Å². The van der Waals surface area contributed by atoms with Gasteiger partial charge in [-0.1, -0.05) is 12.8 Å². The molecule has 1 fully saturated rings. The number of hydrogen-bond acceptors (Lipinski definition) is 7. The van der Waals surface area contributed by atoms with E-state index in [0.29, 0.717) is 17.2 Å². The number of H-pyrrole nitrogens is 2. The SMILES string of the molecule is Cc1ccc(-c2cncc3[nH]c(-c4[nH]nc5ncc(-c6cncc(NC(=O)C7CCCC7)c6)cc45)nc23)s1. The van der Waals surface area contributed by atoms with Gasteiger partial charge in [-0.3, -0.25) is 19.9 Å². The summed E-state index contributed by atoms with van der Waals surface area (Å²) in [5.74, 6) is 0.830. The maximum atomic E-state index is 12.6. The first-order chi connectivity index (χ1) is 18.6.